The van der Waals surface area contributed by atoms with Crippen LogP contribution in [0.3, 0.4) is 0 Å². The molecule has 3 rings (SSSR count). The minimum absolute atomic E-state index is 0.121. The molecule has 0 saturated heterocycles. The van der Waals surface area contributed by atoms with Crippen molar-refractivity contribution < 1.29 is 22.7 Å². The molecular formula is C26H30N2O5S. The van der Waals surface area contributed by atoms with E-state index < -0.39 is 22.0 Å². The smallest absolute Gasteiger partial charge is 0.264 e. The van der Waals surface area contributed by atoms with Crippen LogP contribution in [0, 0.1) is 0 Å². The van der Waals surface area contributed by atoms with Gasteiger partial charge in [0.25, 0.3) is 10.0 Å². The summed E-state index contributed by atoms with van der Waals surface area (Å²) in [6.07, 6.45) is 0.621. The largest absolute Gasteiger partial charge is 0.497 e. The van der Waals surface area contributed by atoms with Crippen molar-refractivity contribution in [2.24, 2.45) is 0 Å². The van der Waals surface area contributed by atoms with Gasteiger partial charge in [0.15, 0.2) is 0 Å². The first kappa shape index (κ1) is 25.1. The maximum absolute atomic E-state index is 13.6. The number of carbonyl (C=O) groups excluding carboxylic acids is 1. The number of carbonyl (C=O) groups is 1. The van der Waals surface area contributed by atoms with Crippen LogP contribution >= 0.6 is 0 Å². The van der Waals surface area contributed by atoms with Crippen LogP contribution in [0.4, 0.5) is 5.69 Å². The van der Waals surface area contributed by atoms with Crippen LogP contribution in [-0.4, -0.2) is 35.1 Å². The van der Waals surface area contributed by atoms with E-state index in [1.165, 1.54) is 16.4 Å². The maximum Gasteiger partial charge on any atom is 0.264 e. The molecule has 0 heterocycles. The average molecular weight is 483 g/mol. The number of aryl methyl sites for hydroxylation is 1. The summed E-state index contributed by atoms with van der Waals surface area (Å²) in [5, 5.41) is 2.90. The van der Waals surface area contributed by atoms with Crippen molar-refractivity contribution in [1.29, 1.82) is 0 Å². The Morgan fingerprint density at radius 2 is 1.65 bits per heavy atom. The Kier molecular flexibility index (Phi) is 8.17. The lowest BCUT2D eigenvalue weighted by Gasteiger charge is -2.27. The molecule has 0 aromatic heterocycles. The predicted octanol–water partition coefficient (Wildman–Crippen LogP) is 4.34. The fourth-order valence-corrected chi connectivity index (χ4v) is 5.23. The Balaban J connectivity index is 1.94. The molecule has 34 heavy (non-hydrogen) atoms. The summed E-state index contributed by atoms with van der Waals surface area (Å²) in [4.78, 5) is 13.3. The van der Waals surface area contributed by atoms with Gasteiger partial charge in [-0.25, -0.2) is 8.42 Å². The van der Waals surface area contributed by atoms with Crippen LogP contribution in [0.15, 0.2) is 77.7 Å². The van der Waals surface area contributed by atoms with Crippen LogP contribution < -0.4 is 19.1 Å². The van der Waals surface area contributed by atoms with Gasteiger partial charge in [0.05, 0.1) is 30.8 Å². The highest BCUT2D eigenvalue weighted by molar-refractivity contribution is 7.92. The normalized spacial score (nSPS) is 12.0. The molecule has 0 spiro atoms. The molecule has 0 fully saturated rings. The van der Waals surface area contributed by atoms with Crippen LogP contribution in [0.1, 0.15) is 31.0 Å². The number of anilines is 1. The predicted molar refractivity (Wildman–Crippen MR) is 133 cm³/mol. The number of methoxy groups -OCH3 is 2. The Labute approximate surface area is 201 Å². The molecule has 180 valence electrons. The number of para-hydroxylation sites is 1. The molecule has 3 aromatic carbocycles. The molecule has 0 saturated carbocycles. The molecular weight excluding hydrogens is 452 g/mol. The third-order valence-corrected chi connectivity index (χ3v) is 7.31. The number of hydrogen-bond donors (Lipinski definition) is 1. The third kappa shape index (κ3) is 5.51. The number of sulfonamides is 1. The average Bonchev–Trinajstić information content (AvgIpc) is 2.87. The van der Waals surface area contributed by atoms with Crippen LogP contribution in [-0.2, 0) is 21.2 Å². The second kappa shape index (κ2) is 11.1. The minimum Gasteiger partial charge on any atom is -0.497 e. The summed E-state index contributed by atoms with van der Waals surface area (Å²) in [5.74, 6) is 0.781. The molecule has 3 aromatic rings. The Morgan fingerprint density at radius 1 is 0.971 bits per heavy atom. The van der Waals surface area contributed by atoms with E-state index in [1.54, 1.807) is 62.8 Å². The molecule has 0 aliphatic rings. The fraction of sp³-hybridized carbons (Fsp3) is 0.269. The third-order valence-electron chi connectivity index (χ3n) is 5.54. The molecule has 0 aliphatic carbocycles. The van der Waals surface area contributed by atoms with E-state index in [-0.39, 0.29) is 11.4 Å². The van der Waals surface area contributed by atoms with Crippen LogP contribution in [0.5, 0.6) is 11.5 Å². The number of ether oxygens (including phenoxy) is 2. The van der Waals surface area contributed by atoms with Gasteiger partial charge in [-0.1, -0.05) is 43.3 Å². The van der Waals surface area contributed by atoms with Gasteiger partial charge in [0.2, 0.25) is 5.91 Å². The Morgan fingerprint density at radius 3 is 2.29 bits per heavy atom. The highest BCUT2D eigenvalue weighted by Crippen LogP contribution is 2.30. The molecule has 1 N–H and O–H groups in total. The summed E-state index contributed by atoms with van der Waals surface area (Å²) in [5.41, 5.74) is 2.04. The Bertz CT molecular complexity index is 1230. The number of hydrogen-bond acceptors (Lipinski definition) is 5. The first-order valence-electron chi connectivity index (χ1n) is 11.0. The van der Waals surface area contributed by atoms with Crippen molar-refractivity contribution >= 4 is 21.6 Å². The standard InChI is InChI=1S/C26H30N2O5S/c1-5-20-11-9-10-14-24(20)28(34(30,31)22-12-7-6-8-13-22)18-26(29)27-19(2)23-17-21(32-3)15-16-25(23)33-4/h6-17,19H,5,18H2,1-4H3,(H,27,29)/t19-/m0/s1. The second-order valence-electron chi connectivity index (χ2n) is 7.70. The summed E-state index contributed by atoms with van der Waals surface area (Å²) in [7, 11) is -0.865. The zero-order valence-electron chi connectivity index (χ0n) is 19.8. The van der Waals surface area contributed by atoms with Gasteiger partial charge in [0, 0.05) is 5.56 Å². The topological polar surface area (TPSA) is 84.9 Å². The van der Waals surface area contributed by atoms with Gasteiger partial charge < -0.3 is 14.8 Å². The van der Waals surface area contributed by atoms with Gasteiger partial charge in [-0.05, 0) is 55.3 Å². The quantitative estimate of drug-likeness (QED) is 0.465. The minimum atomic E-state index is -3.98. The monoisotopic (exact) mass is 482 g/mol. The van der Waals surface area contributed by atoms with Crippen LogP contribution in [0.2, 0.25) is 0 Å². The zero-order valence-corrected chi connectivity index (χ0v) is 20.6. The summed E-state index contributed by atoms with van der Waals surface area (Å²) in [6.45, 7) is 3.39. The second-order valence-corrected chi connectivity index (χ2v) is 9.57. The van der Waals surface area contributed by atoms with Crippen molar-refractivity contribution in [3.8, 4) is 11.5 Å². The molecule has 7 nitrogen and oxygen atoms in total. The molecule has 0 radical (unpaired) electrons. The van der Waals surface area contributed by atoms with Crippen molar-refractivity contribution in [3.05, 3.63) is 83.9 Å². The summed E-state index contributed by atoms with van der Waals surface area (Å²) >= 11 is 0. The van der Waals surface area contributed by atoms with Gasteiger partial charge in [-0.15, -0.1) is 0 Å². The van der Waals surface area contributed by atoms with E-state index in [4.69, 9.17) is 9.47 Å². The highest BCUT2D eigenvalue weighted by atomic mass is 32.2. The SMILES string of the molecule is CCc1ccccc1N(CC(=O)N[C@@H](C)c1cc(OC)ccc1OC)S(=O)(=O)c1ccccc1. The zero-order chi connectivity index (χ0) is 24.7. The van der Waals surface area contributed by atoms with Crippen molar-refractivity contribution in [1.82, 2.24) is 5.32 Å². The molecule has 8 heteroatoms. The lowest BCUT2D eigenvalue weighted by atomic mass is 10.1. The summed E-state index contributed by atoms with van der Waals surface area (Å²) in [6, 6.07) is 20.2. The van der Waals surface area contributed by atoms with E-state index in [2.05, 4.69) is 5.32 Å². The van der Waals surface area contributed by atoms with E-state index in [1.807, 2.05) is 26.0 Å². The molecule has 0 unspecified atom stereocenters. The number of rotatable bonds is 10. The van der Waals surface area contributed by atoms with E-state index in [0.717, 1.165) is 11.1 Å². The van der Waals surface area contributed by atoms with Crippen LogP contribution in [0.25, 0.3) is 0 Å². The van der Waals surface area contributed by atoms with Crippen molar-refractivity contribution in [2.45, 2.75) is 31.2 Å². The maximum atomic E-state index is 13.6. The lowest BCUT2D eigenvalue weighted by molar-refractivity contribution is -0.120. The van der Waals surface area contributed by atoms with E-state index in [9.17, 15) is 13.2 Å². The lowest BCUT2D eigenvalue weighted by Crippen LogP contribution is -2.42. The Hall–Kier alpha value is -3.52. The van der Waals surface area contributed by atoms with Gasteiger partial charge in [-0.3, -0.25) is 9.10 Å². The fourth-order valence-electron chi connectivity index (χ4n) is 3.75. The number of amides is 1. The highest BCUT2D eigenvalue weighted by Gasteiger charge is 2.29. The van der Waals surface area contributed by atoms with Gasteiger partial charge in [-0.2, -0.15) is 0 Å². The van der Waals surface area contributed by atoms with Gasteiger partial charge >= 0.3 is 0 Å². The molecule has 0 bridgehead atoms. The number of nitrogens with one attached hydrogen (secondary N) is 1. The van der Waals surface area contributed by atoms with Gasteiger partial charge in [0.1, 0.15) is 18.0 Å². The number of benzene rings is 3. The molecule has 1 atom stereocenters. The first-order valence-corrected chi connectivity index (χ1v) is 12.4. The van der Waals surface area contributed by atoms with Crippen molar-refractivity contribution in [3.63, 3.8) is 0 Å². The van der Waals surface area contributed by atoms with E-state index in [0.29, 0.717) is 23.6 Å². The first-order chi connectivity index (χ1) is 16.3. The number of nitrogens with zero attached hydrogens (tertiary/aromatic N) is 1. The summed E-state index contributed by atoms with van der Waals surface area (Å²) < 4.78 is 39.1. The molecule has 1 amide bonds. The molecule has 0 aliphatic heterocycles. The van der Waals surface area contributed by atoms with E-state index >= 15 is 0 Å². The van der Waals surface area contributed by atoms with Crippen molar-refractivity contribution in [2.75, 3.05) is 25.1 Å².